The van der Waals surface area contributed by atoms with Crippen molar-refractivity contribution < 1.29 is 17.9 Å². The van der Waals surface area contributed by atoms with Gasteiger partial charge in [-0.25, -0.2) is 13.2 Å². The van der Waals surface area contributed by atoms with Crippen LogP contribution in [-0.2, 0) is 16.4 Å². The lowest BCUT2D eigenvalue weighted by Gasteiger charge is -2.09. The van der Waals surface area contributed by atoms with Crippen LogP contribution in [0.3, 0.4) is 0 Å². The largest absolute Gasteiger partial charge is 0.506 e. The maximum absolute atomic E-state index is 12.5. The molecule has 0 bridgehead atoms. The average Bonchev–Trinajstić information content (AvgIpc) is 2.82. The van der Waals surface area contributed by atoms with Crippen LogP contribution in [0.5, 0.6) is 5.75 Å². The van der Waals surface area contributed by atoms with Gasteiger partial charge in [0.25, 0.3) is 10.0 Å². The lowest BCUT2D eigenvalue weighted by molar-refractivity contribution is 0.430. The predicted molar refractivity (Wildman–Crippen MR) is 130 cm³/mol. The van der Waals surface area contributed by atoms with Gasteiger partial charge < -0.3 is 9.52 Å². The lowest BCUT2D eigenvalue weighted by atomic mass is 10.1. The fraction of sp³-hybridized carbons (Fsp3) is 0.0800. The molecule has 3 aromatic carbocycles. The molecule has 33 heavy (non-hydrogen) atoms. The molecule has 0 radical (unpaired) electrons. The topological polar surface area (TPSA) is 96.6 Å². The average molecular weight is 480 g/mol. The highest BCUT2D eigenvalue weighted by Gasteiger charge is 2.15. The first kappa shape index (κ1) is 22.7. The van der Waals surface area contributed by atoms with Gasteiger partial charge in [0.1, 0.15) is 16.4 Å². The van der Waals surface area contributed by atoms with Gasteiger partial charge >= 0.3 is 5.63 Å². The molecule has 0 fully saturated rings. The van der Waals surface area contributed by atoms with E-state index in [1.54, 1.807) is 42.5 Å². The first-order valence-electron chi connectivity index (χ1n) is 10.1. The Labute approximate surface area is 196 Å². The summed E-state index contributed by atoms with van der Waals surface area (Å²) in [7, 11) is -3.71. The number of hydrogen-bond acceptors (Lipinski definition) is 6. The van der Waals surface area contributed by atoms with Gasteiger partial charge in [-0.15, -0.1) is 11.8 Å². The van der Waals surface area contributed by atoms with Crippen molar-refractivity contribution >= 4 is 27.5 Å². The zero-order chi connectivity index (χ0) is 23.3. The number of hydrogen-bond donors (Lipinski definition) is 2. The van der Waals surface area contributed by atoms with Crippen LogP contribution >= 0.6 is 11.8 Å². The molecule has 0 amide bonds. The van der Waals surface area contributed by atoms with Gasteiger partial charge in [0.05, 0.1) is 4.90 Å². The van der Waals surface area contributed by atoms with E-state index in [0.29, 0.717) is 17.0 Å². The van der Waals surface area contributed by atoms with Crippen LogP contribution in [0, 0.1) is 0 Å². The summed E-state index contributed by atoms with van der Waals surface area (Å²) in [6.45, 7) is 0. The van der Waals surface area contributed by atoms with E-state index in [2.05, 4.69) is 4.72 Å². The second kappa shape index (κ2) is 9.97. The van der Waals surface area contributed by atoms with Gasteiger partial charge in [0.2, 0.25) is 0 Å². The molecule has 0 unspecified atom stereocenters. The zero-order valence-electron chi connectivity index (χ0n) is 17.5. The first-order valence-corrected chi connectivity index (χ1v) is 12.6. The minimum Gasteiger partial charge on any atom is -0.506 e. The quantitative estimate of drug-likeness (QED) is 0.339. The van der Waals surface area contributed by atoms with Crippen molar-refractivity contribution in [2.24, 2.45) is 0 Å². The summed E-state index contributed by atoms with van der Waals surface area (Å²) in [6, 6.07) is 25.7. The Kier molecular flexibility index (Phi) is 6.86. The maximum atomic E-state index is 12.5. The smallest absolute Gasteiger partial charge is 0.353 e. The number of aryl methyl sites for hydroxylation is 1. The molecule has 0 saturated carbocycles. The lowest BCUT2D eigenvalue weighted by Crippen LogP contribution is -2.12. The third-order valence-electron chi connectivity index (χ3n) is 4.84. The molecule has 6 nitrogen and oxygen atoms in total. The second-order valence-corrected chi connectivity index (χ2v) is 9.98. The van der Waals surface area contributed by atoms with Crippen molar-refractivity contribution in [3.63, 3.8) is 0 Å². The molecule has 1 aromatic heterocycles. The van der Waals surface area contributed by atoms with Crippen molar-refractivity contribution in [2.45, 2.75) is 16.2 Å². The number of sulfonamides is 1. The number of benzene rings is 3. The number of rotatable bonds is 8. The molecule has 168 valence electrons. The highest BCUT2D eigenvalue weighted by molar-refractivity contribution is 7.99. The van der Waals surface area contributed by atoms with Gasteiger partial charge in [-0.05, 0) is 48.4 Å². The highest BCUT2D eigenvalue weighted by Crippen LogP contribution is 2.31. The molecule has 0 saturated heterocycles. The van der Waals surface area contributed by atoms with E-state index < -0.39 is 15.6 Å². The molecule has 0 aliphatic rings. The Morgan fingerprint density at radius 2 is 1.52 bits per heavy atom. The fourth-order valence-corrected chi connectivity index (χ4v) is 5.16. The van der Waals surface area contributed by atoms with Crippen molar-refractivity contribution in [2.75, 3.05) is 10.5 Å². The van der Waals surface area contributed by atoms with Gasteiger partial charge in [0, 0.05) is 23.1 Å². The zero-order valence-corrected chi connectivity index (χ0v) is 19.1. The number of aromatic hydroxyl groups is 1. The van der Waals surface area contributed by atoms with E-state index in [9.17, 15) is 18.3 Å². The SMILES string of the molecule is O=c1oc(-c2ccc(NS(=O)(=O)c3ccccc3)cc2)cc(O)c1SCCc1ccccc1. The fourth-order valence-electron chi connectivity index (χ4n) is 3.18. The normalized spacial score (nSPS) is 11.3. The maximum Gasteiger partial charge on any atom is 0.353 e. The molecule has 8 heteroatoms. The first-order chi connectivity index (χ1) is 15.9. The van der Waals surface area contributed by atoms with E-state index in [0.717, 1.165) is 12.0 Å². The predicted octanol–water partition coefficient (Wildman–Crippen LogP) is 5.15. The molecule has 1 heterocycles. The third-order valence-corrected chi connectivity index (χ3v) is 7.31. The minimum atomic E-state index is -3.71. The van der Waals surface area contributed by atoms with Crippen molar-refractivity contribution in [3.8, 4) is 17.1 Å². The van der Waals surface area contributed by atoms with E-state index in [1.165, 1.54) is 30.0 Å². The van der Waals surface area contributed by atoms with Crippen LogP contribution < -0.4 is 10.3 Å². The third kappa shape index (κ3) is 5.66. The van der Waals surface area contributed by atoms with Gasteiger partial charge in [-0.1, -0.05) is 48.5 Å². The molecule has 0 atom stereocenters. The van der Waals surface area contributed by atoms with Crippen LogP contribution in [-0.4, -0.2) is 19.3 Å². The Morgan fingerprint density at radius 1 is 0.879 bits per heavy atom. The van der Waals surface area contributed by atoms with Gasteiger partial charge in [-0.3, -0.25) is 4.72 Å². The molecule has 4 rings (SSSR count). The Morgan fingerprint density at radius 3 is 2.15 bits per heavy atom. The summed E-state index contributed by atoms with van der Waals surface area (Å²) >= 11 is 1.25. The summed E-state index contributed by atoms with van der Waals surface area (Å²) in [4.78, 5) is 12.8. The van der Waals surface area contributed by atoms with Crippen LogP contribution in [0.4, 0.5) is 5.69 Å². The molecular formula is C25H21NO5S2. The summed E-state index contributed by atoms with van der Waals surface area (Å²) in [5.41, 5.74) is 1.43. The molecule has 2 N–H and O–H groups in total. The van der Waals surface area contributed by atoms with Crippen LogP contribution in [0.15, 0.2) is 110 Å². The van der Waals surface area contributed by atoms with E-state index in [1.807, 2.05) is 30.3 Å². The summed E-state index contributed by atoms with van der Waals surface area (Å²) in [6.07, 6.45) is 0.756. The standard InChI is InChI=1S/C25H21NO5S2/c27-22-17-23(31-25(28)24(22)32-16-15-18-7-3-1-4-8-18)19-11-13-20(14-12-19)26-33(29,30)21-9-5-2-6-10-21/h1-14,17,26-27H,15-16H2. The monoisotopic (exact) mass is 479 g/mol. The highest BCUT2D eigenvalue weighted by atomic mass is 32.2. The summed E-state index contributed by atoms with van der Waals surface area (Å²) in [5.74, 6) is 0.674. The summed E-state index contributed by atoms with van der Waals surface area (Å²) in [5, 5.41) is 10.4. The van der Waals surface area contributed by atoms with Gasteiger partial charge in [-0.2, -0.15) is 0 Å². The van der Waals surface area contributed by atoms with E-state index in [4.69, 9.17) is 4.42 Å². The number of anilines is 1. The number of thioether (sulfide) groups is 1. The van der Waals surface area contributed by atoms with Crippen molar-refractivity contribution in [1.82, 2.24) is 0 Å². The Bertz CT molecular complexity index is 1380. The van der Waals surface area contributed by atoms with E-state index in [-0.39, 0.29) is 21.3 Å². The summed E-state index contributed by atoms with van der Waals surface area (Å²) < 4.78 is 32.8. The molecular weight excluding hydrogens is 458 g/mol. The van der Waals surface area contributed by atoms with Crippen molar-refractivity contribution in [3.05, 3.63) is 107 Å². The molecule has 0 aliphatic heterocycles. The number of nitrogens with one attached hydrogen (secondary N) is 1. The van der Waals surface area contributed by atoms with Gasteiger partial charge in [0.15, 0.2) is 0 Å². The molecule has 0 aliphatic carbocycles. The molecule has 0 spiro atoms. The Hall–Kier alpha value is -3.49. The second-order valence-electron chi connectivity index (χ2n) is 7.19. The molecule has 4 aromatic rings. The van der Waals surface area contributed by atoms with E-state index >= 15 is 0 Å². The minimum absolute atomic E-state index is 0.145. The van der Waals surface area contributed by atoms with Crippen LogP contribution in [0.25, 0.3) is 11.3 Å². The van der Waals surface area contributed by atoms with Crippen molar-refractivity contribution in [1.29, 1.82) is 0 Å². The van der Waals surface area contributed by atoms with Crippen LogP contribution in [0.2, 0.25) is 0 Å². The Balaban J connectivity index is 1.46. The van der Waals surface area contributed by atoms with Crippen LogP contribution in [0.1, 0.15) is 5.56 Å².